The number of carbonyl (C=O) groups excluding carboxylic acids is 2. The van der Waals surface area contributed by atoms with Crippen LogP contribution in [0.4, 0.5) is 10.1 Å². The zero-order chi connectivity index (χ0) is 16.4. The first kappa shape index (κ1) is 18.1. The first-order chi connectivity index (χ1) is 10.5. The number of aryl methyl sites for hydroxylation is 1. The minimum Gasteiger partial charge on any atom is -0.348 e. The number of hydrogen-bond acceptors (Lipinski definition) is 2. The number of nitrogens with one attached hydrogen (secondary N) is 2. The van der Waals surface area contributed by atoms with Crippen molar-refractivity contribution in [2.75, 3.05) is 11.9 Å². The quantitative estimate of drug-likeness (QED) is 0.570. The molecule has 0 saturated carbocycles. The standard InChI is InChI=1S/C17H25FN2O2/c1-3-4-5-6-7-8-11-19-16(21)17(22)20-14-10-9-13(2)15(18)12-14/h9-10,12H,3-8,11H2,1-2H3,(H,19,21)(H,20,22). The van der Waals surface area contributed by atoms with Crippen LogP contribution in [0.5, 0.6) is 0 Å². The van der Waals surface area contributed by atoms with Crippen molar-refractivity contribution in [3.63, 3.8) is 0 Å². The Morgan fingerprint density at radius 3 is 2.41 bits per heavy atom. The molecular formula is C17H25FN2O2. The highest BCUT2D eigenvalue weighted by molar-refractivity contribution is 6.39. The van der Waals surface area contributed by atoms with E-state index in [1.54, 1.807) is 19.1 Å². The lowest BCUT2D eigenvalue weighted by atomic mass is 10.1. The highest BCUT2D eigenvalue weighted by Gasteiger charge is 2.13. The predicted molar refractivity (Wildman–Crippen MR) is 86.2 cm³/mol. The lowest BCUT2D eigenvalue weighted by Crippen LogP contribution is -2.35. The van der Waals surface area contributed by atoms with Crippen molar-refractivity contribution < 1.29 is 14.0 Å². The second-order valence-corrected chi connectivity index (χ2v) is 5.44. The van der Waals surface area contributed by atoms with Gasteiger partial charge in [0.05, 0.1) is 0 Å². The minimum absolute atomic E-state index is 0.280. The molecule has 122 valence electrons. The molecule has 1 aromatic rings. The second kappa shape index (κ2) is 9.92. The second-order valence-electron chi connectivity index (χ2n) is 5.44. The number of carbonyl (C=O) groups is 2. The van der Waals surface area contributed by atoms with Gasteiger partial charge in [0.25, 0.3) is 0 Å². The highest BCUT2D eigenvalue weighted by Crippen LogP contribution is 2.13. The summed E-state index contributed by atoms with van der Waals surface area (Å²) in [5.74, 6) is -1.87. The average molecular weight is 308 g/mol. The molecule has 2 N–H and O–H groups in total. The molecule has 0 spiro atoms. The molecule has 0 aromatic heterocycles. The molecule has 0 aliphatic carbocycles. The predicted octanol–water partition coefficient (Wildman–Crippen LogP) is 3.55. The maximum atomic E-state index is 13.4. The monoisotopic (exact) mass is 308 g/mol. The number of rotatable bonds is 8. The molecular weight excluding hydrogens is 283 g/mol. The molecule has 2 amide bonds. The van der Waals surface area contributed by atoms with Crippen LogP contribution in [-0.4, -0.2) is 18.4 Å². The van der Waals surface area contributed by atoms with Gasteiger partial charge in [-0.15, -0.1) is 0 Å². The van der Waals surface area contributed by atoms with E-state index in [0.29, 0.717) is 12.1 Å². The maximum absolute atomic E-state index is 13.4. The van der Waals surface area contributed by atoms with Gasteiger partial charge in [-0.2, -0.15) is 0 Å². The molecule has 0 aliphatic rings. The van der Waals surface area contributed by atoms with E-state index < -0.39 is 17.6 Å². The molecule has 0 unspecified atom stereocenters. The number of amides is 2. The van der Waals surface area contributed by atoms with E-state index in [1.165, 1.54) is 25.3 Å². The summed E-state index contributed by atoms with van der Waals surface area (Å²) in [7, 11) is 0. The third kappa shape index (κ3) is 6.70. The Hall–Kier alpha value is -1.91. The van der Waals surface area contributed by atoms with Crippen LogP contribution in [0.2, 0.25) is 0 Å². The third-order valence-corrected chi connectivity index (χ3v) is 3.45. The summed E-state index contributed by atoms with van der Waals surface area (Å²) in [5.41, 5.74) is 0.772. The molecule has 5 heteroatoms. The summed E-state index contributed by atoms with van der Waals surface area (Å²) in [6.07, 6.45) is 6.72. The third-order valence-electron chi connectivity index (χ3n) is 3.45. The zero-order valence-corrected chi connectivity index (χ0v) is 13.4. The Morgan fingerprint density at radius 1 is 1.05 bits per heavy atom. The number of anilines is 1. The fraction of sp³-hybridized carbons (Fsp3) is 0.529. The van der Waals surface area contributed by atoms with Crippen LogP contribution in [0.15, 0.2) is 18.2 Å². The Balaban J connectivity index is 2.24. The largest absolute Gasteiger partial charge is 0.348 e. The molecule has 22 heavy (non-hydrogen) atoms. The number of halogens is 1. The smallest absolute Gasteiger partial charge is 0.313 e. The van der Waals surface area contributed by atoms with Gasteiger partial charge in [-0.3, -0.25) is 9.59 Å². The van der Waals surface area contributed by atoms with Gasteiger partial charge >= 0.3 is 11.8 Å². The van der Waals surface area contributed by atoms with Crippen molar-refractivity contribution in [1.82, 2.24) is 5.32 Å². The molecule has 0 bridgehead atoms. The van der Waals surface area contributed by atoms with Crippen molar-refractivity contribution >= 4 is 17.5 Å². The first-order valence-corrected chi connectivity index (χ1v) is 7.90. The molecule has 1 rings (SSSR count). The summed E-state index contributed by atoms with van der Waals surface area (Å²) in [4.78, 5) is 23.3. The van der Waals surface area contributed by atoms with Crippen molar-refractivity contribution in [2.24, 2.45) is 0 Å². The van der Waals surface area contributed by atoms with Crippen LogP contribution in [-0.2, 0) is 9.59 Å². The summed E-state index contributed by atoms with van der Waals surface area (Å²) in [6, 6.07) is 4.32. The Bertz CT molecular complexity index is 503. The van der Waals surface area contributed by atoms with Gasteiger partial charge in [0.15, 0.2) is 0 Å². The number of benzene rings is 1. The molecule has 0 fully saturated rings. The van der Waals surface area contributed by atoms with Crippen LogP contribution >= 0.6 is 0 Å². The Morgan fingerprint density at radius 2 is 1.73 bits per heavy atom. The van der Waals surface area contributed by atoms with E-state index >= 15 is 0 Å². The van der Waals surface area contributed by atoms with Crippen LogP contribution in [0.25, 0.3) is 0 Å². The first-order valence-electron chi connectivity index (χ1n) is 7.90. The molecule has 0 heterocycles. The van der Waals surface area contributed by atoms with Gasteiger partial charge in [0, 0.05) is 12.2 Å². The molecule has 1 aromatic carbocycles. The van der Waals surface area contributed by atoms with Crippen molar-refractivity contribution in [1.29, 1.82) is 0 Å². The summed E-state index contributed by atoms with van der Waals surface area (Å²) >= 11 is 0. The van der Waals surface area contributed by atoms with Crippen LogP contribution in [0, 0.1) is 12.7 Å². The summed E-state index contributed by atoms with van der Waals surface area (Å²) in [5, 5.41) is 4.96. The lowest BCUT2D eigenvalue weighted by molar-refractivity contribution is -0.136. The number of hydrogen-bond donors (Lipinski definition) is 2. The number of unbranched alkanes of at least 4 members (excludes halogenated alkanes) is 5. The SMILES string of the molecule is CCCCCCCCNC(=O)C(=O)Nc1ccc(C)c(F)c1. The van der Waals surface area contributed by atoms with Crippen LogP contribution in [0.3, 0.4) is 0 Å². The van der Waals surface area contributed by atoms with Gasteiger partial charge in [0.2, 0.25) is 0 Å². The van der Waals surface area contributed by atoms with Crippen LogP contribution < -0.4 is 10.6 Å². The Labute approximate surface area is 131 Å². The van der Waals surface area contributed by atoms with Crippen molar-refractivity contribution in [3.05, 3.63) is 29.6 Å². The van der Waals surface area contributed by atoms with Gasteiger partial charge in [-0.1, -0.05) is 45.1 Å². The molecule has 0 radical (unpaired) electrons. The fourth-order valence-electron chi connectivity index (χ4n) is 2.05. The van der Waals surface area contributed by atoms with Gasteiger partial charge < -0.3 is 10.6 Å². The summed E-state index contributed by atoms with van der Waals surface area (Å²) in [6.45, 7) is 4.29. The highest BCUT2D eigenvalue weighted by atomic mass is 19.1. The van der Waals surface area contributed by atoms with E-state index in [2.05, 4.69) is 17.6 Å². The zero-order valence-electron chi connectivity index (χ0n) is 13.4. The lowest BCUT2D eigenvalue weighted by Gasteiger charge is -2.07. The van der Waals surface area contributed by atoms with Crippen molar-refractivity contribution in [2.45, 2.75) is 52.4 Å². The van der Waals surface area contributed by atoms with Crippen molar-refractivity contribution in [3.8, 4) is 0 Å². The normalized spacial score (nSPS) is 10.3. The van der Waals surface area contributed by atoms with Gasteiger partial charge in [0.1, 0.15) is 5.82 Å². The minimum atomic E-state index is -0.769. The molecule has 0 atom stereocenters. The van der Waals surface area contributed by atoms with E-state index in [0.717, 1.165) is 19.3 Å². The van der Waals surface area contributed by atoms with E-state index in [1.807, 2.05) is 0 Å². The van der Waals surface area contributed by atoms with E-state index in [4.69, 9.17) is 0 Å². The van der Waals surface area contributed by atoms with Gasteiger partial charge in [-0.25, -0.2) is 4.39 Å². The fourth-order valence-corrected chi connectivity index (χ4v) is 2.05. The molecule has 0 saturated heterocycles. The van der Waals surface area contributed by atoms with Crippen LogP contribution in [0.1, 0.15) is 51.0 Å². The Kier molecular flexibility index (Phi) is 8.18. The summed E-state index contributed by atoms with van der Waals surface area (Å²) < 4.78 is 13.4. The van der Waals surface area contributed by atoms with E-state index in [9.17, 15) is 14.0 Å². The molecule has 0 aliphatic heterocycles. The van der Waals surface area contributed by atoms with Gasteiger partial charge in [-0.05, 0) is 31.0 Å². The average Bonchev–Trinajstić information content (AvgIpc) is 2.49. The maximum Gasteiger partial charge on any atom is 0.313 e. The molecule has 4 nitrogen and oxygen atoms in total. The van der Waals surface area contributed by atoms with E-state index in [-0.39, 0.29) is 5.69 Å². The topological polar surface area (TPSA) is 58.2 Å².